The Labute approximate surface area is 104 Å². The highest BCUT2D eigenvalue weighted by Gasteiger charge is 2.34. The van der Waals surface area contributed by atoms with E-state index in [9.17, 15) is 14.7 Å². The molecule has 18 heavy (non-hydrogen) atoms. The molecule has 1 amide bonds. The van der Waals surface area contributed by atoms with E-state index >= 15 is 0 Å². The highest BCUT2D eigenvalue weighted by molar-refractivity contribution is 5.93. The van der Waals surface area contributed by atoms with Crippen LogP contribution in [0.3, 0.4) is 0 Å². The first-order valence-corrected chi connectivity index (χ1v) is 5.71. The van der Waals surface area contributed by atoms with Crippen molar-refractivity contribution >= 4 is 11.7 Å². The van der Waals surface area contributed by atoms with E-state index in [2.05, 4.69) is 10.6 Å². The molecule has 1 heterocycles. The number of nitrogens with one attached hydrogen (secondary N) is 2. The van der Waals surface area contributed by atoms with Crippen molar-refractivity contribution in [2.45, 2.75) is 31.3 Å². The molecule has 0 bridgehead atoms. The summed E-state index contributed by atoms with van der Waals surface area (Å²) in [6.45, 7) is 1.77. The summed E-state index contributed by atoms with van der Waals surface area (Å²) in [5.41, 5.74) is 5.32. The maximum Gasteiger partial charge on any atom is 0.239 e. The summed E-state index contributed by atoms with van der Waals surface area (Å²) in [7, 11) is 0. The number of carbonyl (C=O) groups excluding carboxylic acids is 2. The molecule has 104 valence electrons. The van der Waals surface area contributed by atoms with Gasteiger partial charge < -0.3 is 26.0 Å². The number of Topliss-reactive ketones (excluding diaryl/α,β-unsaturated/α-hetero) is 1. The van der Waals surface area contributed by atoms with Crippen molar-refractivity contribution in [3.05, 3.63) is 0 Å². The van der Waals surface area contributed by atoms with Crippen molar-refractivity contribution < 1.29 is 24.5 Å². The molecule has 4 atom stereocenters. The number of carbonyl (C=O) groups is 2. The fourth-order valence-electron chi connectivity index (χ4n) is 1.54. The molecule has 1 aliphatic heterocycles. The Kier molecular flexibility index (Phi) is 5.63. The van der Waals surface area contributed by atoms with E-state index in [0.717, 1.165) is 0 Å². The maximum atomic E-state index is 12.0. The van der Waals surface area contributed by atoms with Gasteiger partial charge in [-0.25, -0.2) is 0 Å². The first-order chi connectivity index (χ1) is 8.47. The minimum absolute atomic E-state index is 0.396. The zero-order chi connectivity index (χ0) is 13.7. The van der Waals surface area contributed by atoms with E-state index in [1.807, 2.05) is 0 Å². The van der Waals surface area contributed by atoms with Crippen molar-refractivity contribution in [1.82, 2.24) is 10.6 Å². The molecule has 8 heteroatoms. The van der Waals surface area contributed by atoms with Crippen molar-refractivity contribution in [2.75, 3.05) is 19.8 Å². The molecule has 1 rings (SSSR count). The number of aliphatic hydroxyl groups is 2. The number of hydrogen-bond donors (Lipinski definition) is 5. The van der Waals surface area contributed by atoms with Gasteiger partial charge >= 0.3 is 0 Å². The second kappa shape index (κ2) is 6.76. The summed E-state index contributed by atoms with van der Waals surface area (Å²) in [6.07, 6.45) is -1.92. The topological polar surface area (TPSA) is 134 Å². The second-order valence-electron chi connectivity index (χ2n) is 4.12. The van der Waals surface area contributed by atoms with Crippen molar-refractivity contribution in [2.24, 2.45) is 5.73 Å². The third-order valence-electron chi connectivity index (χ3n) is 2.59. The molecule has 1 aliphatic rings. The Hall–Kier alpha value is -1.06. The Balaban J connectivity index is 2.64. The van der Waals surface area contributed by atoms with Crippen LogP contribution in [-0.2, 0) is 14.3 Å². The minimum Gasteiger partial charge on any atom is -0.394 e. The third kappa shape index (κ3) is 3.72. The molecule has 1 fully saturated rings. The lowest BCUT2D eigenvalue weighted by Crippen LogP contribution is -2.57. The van der Waals surface area contributed by atoms with Crippen LogP contribution >= 0.6 is 0 Å². The van der Waals surface area contributed by atoms with E-state index < -0.39 is 42.7 Å². The highest BCUT2D eigenvalue weighted by Crippen LogP contribution is 2.04. The molecule has 0 spiro atoms. The van der Waals surface area contributed by atoms with Gasteiger partial charge in [0.2, 0.25) is 11.7 Å². The second-order valence-corrected chi connectivity index (χ2v) is 4.12. The fourth-order valence-corrected chi connectivity index (χ4v) is 1.54. The molecule has 0 aromatic heterocycles. The summed E-state index contributed by atoms with van der Waals surface area (Å²) < 4.78 is 5.11. The van der Waals surface area contributed by atoms with Crippen molar-refractivity contribution in [3.63, 3.8) is 0 Å². The largest absolute Gasteiger partial charge is 0.394 e. The van der Waals surface area contributed by atoms with Crippen LogP contribution in [0, 0.1) is 0 Å². The van der Waals surface area contributed by atoms with Gasteiger partial charge in [-0.3, -0.25) is 14.9 Å². The predicted molar refractivity (Wildman–Crippen MR) is 61.4 cm³/mol. The molecule has 0 radical (unpaired) electrons. The van der Waals surface area contributed by atoms with Crippen LogP contribution in [0.1, 0.15) is 6.92 Å². The lowest BCUT2D eigenvalue weighted by atomic mass is 10.1. The van der Waals surface area contributed by atoms with E-state index in [1.165, 1.54) is 6.92 Å². The summed E-state index contributed by atoms with van der Waals surface area (Å²) in [4.78, 5) is 23.5. The Morgan fingerprint density at radius 1 is 1.61 bits per heavy atom. The lowest BCUT2D eigenvalue weighted by molar-refractivity contribution is -0.137. The van der Waals surface area contributed by atoms with Gasteiger partial charge in [0.1, 0.15) is 12.1 Å². The van der Waals surface area contributed by atoms with Gasteiger partial charge in [-0.15, -0.1) is 0 Å². The minimum atomic E-state index is -1.13. The molecule has 0 aromatic rings. The van der Waals surface area contributed by atoms with Gasteiger partial charge in [-0.2, -0.15) is 0 Å². The van der Waals surface area contributed by atoms with Crippen LogP contribution in [-0.4, -0.2) is 66.1 Å². The van der Waals surface area contributed by atoms with Crippen LogP contribution < -0.4 is 16.4 Å². The molecule has 0 aliphatic carbocycles. The number of nitrogens with two attached hydrogens (primary N) is 1. The van der Waals surface area contributed by atoms with Crippen LogP contribution in [0.25, 0.3) is 0 Å². The Bertz CT molecular complexity index is 304. The van der Waals surface area contributed by atoms with Gasteiger partial charge in [0.25, 0.3) is 0 Å². The molecule has 6 N–H and O–H groups in total. The first-order valence-electron chi connectivity index (χ1n) is 5.71. The van der Waals surface area contributed by atoms with Crippen LogP contribution in [0.4, 0.5) is 0 Å². The van der Waals surface area contributed by atoms with Crippen LogP contribution in [0.2, 0.25) is 0 Å². The van der Waals surface area contributed by atoms with Crippen molar-refractivity contribution in [3.8, 4) is 0 Å². The van der Waals surface area contributed by atoms with Crippen LogP contribution in [0.5, 0.6) is 0 Å². The standard InChI is InChI=1S/C10H19N3O5/c1-5(15)7(13-9(17)6(11)4-14)8(16)10-12-2-3-18-10/h5-7,10,12,14-15H,2-4,11H2,1H3,(H,13,17)/t5-,6+,7+,10?/m1/s1. The van der Waals surface area contributed by atoms with E-state index in [1.54, 1.807) is 0 Å². The Morgan fingerprint density at radius 3 is 2.72 bits per heavy atom. The van der Waals surface area contributed by atoms with Crippen molar-refractivity contribution in [1.29, 1.82) is 0 Å². The number of ketones is 1. The van der Waals surface area contributed by atoms with Crippen LogP contribution in [0.15, 0.2) is 0 Å². The monoisotopic (exact) mass is 261 g/mol. The quantitative estimate of drug-likeness (QED) is 0.338. The average molecular weight is 261 g/mol. The SMILES string of the molecule is C[C@@H](O)[C@H](NC(=O)[C@@H](N)CO)C(=O)C1NCCO1. The van der Waals surface area contributed by atoms with E-state index in [4.69, 9.17) is 15.6 Å². The number of rotatable bonds is 6. The van der Waals surface area contributed by atoms with E-state index in [-0.39, 0.29) is 0 Å². The summed E-state index contributed by atoms with van der Waals surface area (Å²) >= 11 is 0. The third-order valence-corrected chi connectivity index (χ3v) is 2.59. The molecular formula is C10H19N3O5. The summed E-state index contributed by atoms with van der Waals surface area (Å²) in [5, 5.41) is 23.4. The summed E-state index contributed by atoms with van der Waals surface area (Å²) in [6, 6.07) is -2.25. The van der Waals surface area contributed by atoms with Gasteiger partial charge in [-0.1, -0.05) is 0 Å². The molecule has 0 aromatic carbocycles. The predicted octanol–water partition coefficient (Wildman–Crippen LogP) is -3.31. The number of ether oxygens (including phenoxy) is 1. The molecule has 8 nitrogen and oxygen atoms in total. The maximum absolute atomic E-state index is 12.0. The zero-order valence-corrected chi connectivity index (χ0v) is 10.1. The number of hydrogen-bond acceptors (Lipinski definition) is 7. The normalized spacial score (nSPS) is 24.3. The number of aliphatic hydroxyl groups excluding tert-OH is 2. The lowest BCUT2D eigenvalue weighted by Gasteiger charge is -2.24. The molecule has 1 saturated heterocycles. The summed E-state index contributed by atoms with van der Waals surface area (Å²) in [5.74, 6) is -1.17. The molecule has 0 saturated carbocycles. The average Bonchev–Trinajstić information content (AvgIpc) is 2.87. The van der Waals surface area contributed by atoms with E-state index in [0.29, 0.717) is 13.2 Å². The smallest absolute Gasteiger partial charge is 0.239 e. The molecular weight excluding hydrogens is 242 g/mol. The van der Waals surface area contributed by atoms with Gasteiger partial charge in [0.15, 0.2) is 6.23 Å². The molecule has 1 unspecified atom stereocenters. The zero-order valence-electron chi connectivity index (χ0n) is 10.1. The Morgan fingerprint density at radius 2 is 2.28 bits per heavy atom. The highest BCUT2D eigenvalue weighted by atomic mass is 16.5. The fraction of sp³-hybridized carbons (Fsp3) is 0.800. The van der Waals surface area contributed by atoms with Gasteiger partial charge in [0.05, 0.1) is 19.3 Å². The first kappa shape index (κ1) is 15.0. The van der Waals surface area contributed by atoms with Gasteiger partial charge in [0, 0.05) is 6.54 Å². The van der Waals surface area contributed by atoms with Gasteiger partial charge in [-0.05, 0) is 6.92 Å². The number of amides is 1.